The Morgan fingerprint density at radius 3 is 2.75 bits per heavy atom. The standard InChI is InChI=1S/C12H21NO3/c1-3-6-11(14)13-8-5-4-7-10(13)9-12(15)16-2/h10H,3-9H2,1-2H3. The Balaban J connectivity index is 2.56. The molecule has 4 nitrogen and oxygen atoms in total. The van der Waals surface area contributed by atoms with Crippen molar-refractivity contribution in [3.05, 3.63) is 0 Å². The predicted octanol–water partition coefficient (Wildman–Crippen LogP) is 1.73. The molecule has 16 heavy (non-hydrogen) atoms. The first-order chi connectivity index (χ1) is 7.69. The SMILES string of the molecule is CCCC(=O)N1CCCCC1CC(=O)OC. The van der Waals surface area contributed by atoms with Gasteiger partial charge in [-0.1, -0.05) is 6.92 Å². The smallest absolute Gasteiger partial charge is 0.307 e. The van der Waals surface area contributed by atoms with E-state index < -0.39 is 0 Å². The Morgan fingerprint density at radius 1 is 1.38 bits per heavy atom. The maximum Gasteiger partial charge on any atom is 0.307 e. The van der Waals surface area contributed by atoms with Crippen molar-refractivity contribution < 1.29 is 14.3 Å². The van der Waals surface area contributed by atoms with E-state index in [1.807, 2.05) is 11.8 Å². The summed E-state index contributed by atoms with van der Waals surface area (Å²) in [5.41, 5.74) is 0. The third kappa shape index (κ3) is 3.51. The summed E-state index contributed by atoms with van der Waals surface area (Å²) in [5.74, 6) is -0.0442. The van der Waals surface area contributed by atoms with Crippen LogP contribution in [0.4, 0.5) is 0 Å². The molecule has 1 atom stereocenters. The maximum atomic E-state index is 11.9. The van der Waals surface area contributed by atoms with Gasteiger partial charge in [-0.3, -0.25) is 9.59 Å². The molecule has 1 unspecified atom stereocenters. The van der Waals surface area contributed by atoms with E-state index in [-0.39, 0.29) is 17.9 Å². The van der Waals surface area contributed by atoms with Crippen LogP contribution in [-0.2, 0) is 14.3 Å². The highest BCUT2D eigenvalue weighted by molar-refractivity contribution is 5.78. The van der Waals surface area contributed by atoms with Crippen LogP contribution in [0.5, 0.6) is 0 Å². The second-order valence-corrected chi connectivity index (χ2v) is 4.27. The molecule has 0 aromatic heterocycles. The van der Waals surface area contributed by atoms with Crippen LogP contribution in [-0.4, -0.2) is 36.5 Å². The molecule has 1 saturated heterocycles. The lowest BCUT2D eigenvalue weighted by Gasteiger charge is -2.35. The lowest BCUT2D eigenvalue weighted by atomic mass is 9.99. The molecule has 1 aliphatic rings. The minimum atomic E-state index is -0.221. The van der Waals surface area contributed by atoms with Gasteiger partial charge in [0.25, 0.3) is 0 Å². The third-order valence-corrected chi connectivity index (χ3v) is 3.04. The summed E-state index contributed by atoms with van der Waals surface area (Å²) in [4.78, 5) is 25.0. The van der Waals surface area contributed by atoms with Crippen molar-refractivity contribution in [1.82, 2.24) is 4.90 Å². The van der Waals surface area contributed by atoms with Crippen LogP contribution in [0.3, 0.4) is 0 Å². The van der Waals surface area contributed by atoms with Crippen LogP contribution < -0.4 is 0 Å². The molecule has 0 N–H and O–H groups in total. The Kier molecular flexibility index (Phi) is 5.29. The van der Waals surface area contributed by atoms with Gasteiger partial charge in [-0.15, -0.1) is 0 Å². The van der Waals surface area contributed by atoms with Gasteiger partial charge in [-0.25, -0.2) is 0 Å². The Bertz CT molecular complexity index is 253. The number of rotatable bonds is 4. The van der Waals surface area contributed by atoms with E-state index in [4.69, 9.17) is 0 Å². The Hall–Kier alpha value is -1.06. The van der Waals surface area contributed by atoms with E-state index in [1.54, 1.807) is 0 Å². The third-order valence-electron chi connectivity index (χ3n) is 3.04. The molecule has 0 aromatic carbocycles. The Labute approximate surface area is 96.9 Å². The van der Waals surface area contributed by atoms with Gasteiger partial charge in [0.05, 0.1) is 13.5 Å². The molecule has 0 bridgehead atoms. The molecular weight excluding hydrogens is 206 g/mol. The van der Waals surface area contributed by atoms with E-state index in [9.17, 15) is 9.59 Å². The number of likely N-dealkylation sites (tertiary alicyclic amines) is 1. The summed E-state index contributed by atoms with van der Waals surface area (Å²) >= 11 is 0. The van der Waals surface area contributed by atoms with Gasteiger partial charge < -0.3 is 9.64 Å². The highest BCUT2D eigenvalue weighted by atomic mass is 16.5. The van der Waals surface area contributed by atoms with Gasteiger partial charge >= 0.3 is 5.97 Å². The number of carbonyl (C=O) groups is 2. The maximum absolute atomic E-state index is 11.9. The van der Waals surface area contributed by atoms with Gasteiger partial charge in [0.2, 0.25) is 5.91 Å². The quantitative estimate of drug-likeness (QED) is 0.687. The second-order valence-electron chi connectivity index (χ2n) is 4.27. The number of hydrogen-bond acceptors (Lipinski definition) is 3. The monoisotopic (exact) mass is 227 g/mol. The van der Waals surface area contributed by atoms with Crippen LogP contribution in [0.2, 0.25) is 0 Å². The second kappa shape index (κ2) is 6.51. The molecule has 1 rings (SSSR count). The zero-order valence-electron chi connectivity index (χ0n) is 10.2. The van der Waals surface area contributed by atoms with Crippen molar-refractivity contribution in [2.45, 2.75) is 51.5 Å². The molecule has 1 aliphatic heterocycles. The number of ether oxygens (including phenoxy) is 1. The fourth-order valence-electron chi connectivity index (χ4n) is 2.17. The summed E-state index contributed by atoms with van der Waals surface area (Å²) in [6, 6.07) is 0.0558. The molecule has 0 saturated carbocycles. The number of nitrogens with zero attached hydrogens (tertiary/aromatic N) is 1. The first-order valence-corrected chi connectivity index (χ1v) is 6.05. The van der Waals surface area contributed by atoms with E-state index in [0.717, 1.165) is 32.2 Å². The highest BCUT2D eigenvalue weighted by Crippen LogP contribution is 2.21. The molecule has 0 aromatic rings. The van der Waals surface area contributed by atoms with Crippen LogP contribution in [0.15, 0.2) is 0 Å². The number of carbonyl (C=O) groups excluding carboxylic acids is 2. The summed E-state index contributed by atoms with van der Waals surface area (Å²) in [5, 5.41) is 0. The molecule has 1 amide bonds. The number of esters is 1. The van der Waals surface area contributed by atoms with Crippen molar-refractivity contribution >= 4 is 11.9 Å². The van der Waals surface area contributed by atoms with Gasteiger partial charge in [0.15, 0.2) is 0 Å². The molecule has 0 aliphatic carbocycles. The van der Waals surface area contributed by atoms with Crippen LogP contribution in [0.25, 0.3) is 0 Å². The average molecular weight is 227 g/mol. The number of methoxy groups -OCH3 is 1. The predicted molar refractivity (Wildman–Crippen MR) is 60.9 cm³/mol. The number of piperidine rings is 1. The number of amides is 1. The summed E-state index contributed by atoms with van der Waals surface area (Å²) in [7, 11) is 1.39. The van der Waals surface area contributed by atoms with Crippen molar-refractivity contribution in [2.75, 3.05) is 13.7 Å². The van der Waals surface area contributed by atoms with E-state index in [2.05, 4.69) is 4.74 Å². The topological polar surface area (TPSA) is 46.6 Å². The minimum Gasteiger partial charge on any atom is -0.469 e. The van der Waals surface area contributed by atoms with E-state index in [1.165, 1.54) is 7.11 Å². The molecular formula is C12H21NO3. The van der Waals surface area contributed by atoms with E-state index in [0.29, 0.717) is 12.8 Å². The zero-order chi connectivity index (χ0) is 12.0. The van der Waals surface area contributed by atoms with Crippen molar-refractivity contribution in [3.8, 4) is 0 Å². The van der Waals surface area contributed by atoms with Crippen molar-refractivity contribution in [2.24, 2.45) is 0 Å². The fourth-order valence-corrected chi connectivity index (χ4v) is 2.17. The Morgan fingerprint density at radius 2 is 2.12 bits per heavy atom. The van der Waals surface area contributed by atoms with Crippen LogP contribution >= 0.6 is 0 Å². The summed E-state index contributed by atoms with van der Waals surface area (Å²) in [6.45, 7) is 2.79. The van der Waals surface area contributed by atoms with Gasteiger partial charge in [-0.2, -0.15) is 0 Å². The van der Waals surface area contributed by atoms with Gasteiger partial charge in [-0.05, 0) is 25.7 Å². The van der Waals surface area contributed by atoms with Crippen molar-refractivity contribution in [3.63, 3.8) is 0 Å². The lowest BCUT2D eigenvalue weighted by Crippen LogP contribution is -2.44. The molecule has 0 spiro atoms. The first-order valence-electron chi connectivity index (χ1n) is 6.05. The lowest BCUT2D eigenvalue weighted by molar-refractivity contribution is -0.144. The summed E-state index contributed by atoms with van der Waals surface area (Å²) < 4.78 is 4.66. The first kappa shape index (κ1) is 13.0. The number of hydrogen-bond donors (Lipinski definition) is 0. The van der Waals surface area contributed by atoms with Crippen molar-refractivity contribution in [1.29, 1.82) is 0 Å². The average Bonchev–Trinajstić information content (AvgIpc) is 2.30. The fraction of sp³-hybridized carbons (Fsp3) is 0.833. The van der Waals surface area contributed by atoms with E-state index >= 15 is 0 Å². The molecule has 1 fully saturated rings. The molecule has 1 heterocycles. The van der Waals surface area contributed by atoms with Crippen LogP contribution in [0.1, 0.15) is 45.4 Å². The molecule has 4 heteroatoms. The van der Waals surface area contributed by atoms with Crippen LogP contribution in [0, 0.1) is 0 Å². The minimum absolute atomic E-state index is 0.0558. The summed E-state index contributed by atoms with van der Waals surface area (Å²) in [6.07, 6.45) is 4.85. The normalized spacial score (nSPS) is 20.6. The molecule has 0 radical (unpaired) electrons. The zero-order valence-corrected chi connectivity index (χ0v) is 10.2. The largest absolute Gasteiger partial charge is 0.469 e. The molecule has 92 valence electrons. The highest BCUT2D eigenvalue weighted by Gasteiger charge is 2.27. The van der Waals surface area contributed by atoms with Gasteiger partial charge in [0.1, 0.15) is 0 Å². The van der Waals surface area contributed by atoms with Gasteiger partial charge in [0, 0.05) is 19.0 Å².